The van der Waals surface area contributed by atoms with Crippen LogP contribution in [0.25, 0.3) is 21.9 Å². The van der Waals surface area contributed by atoms with Crippen molar-refractivity contribution in [3.05, 3.63) is 114 Å². The Morgan fingerprint density at radius 2 is 1.75 bits per heavy atom. The largest absolute Gasteiger partial charge is 0.399 e. The smallest absolute Gasteiger partial charge is 0.254 e. The number of carbonyl (C=O) groups excluding carboxylic acids is 1. The Labute approximate surface area is 210 Å². The van der Waals surface area contributed by atoms with Crippen LogP contribution in [0.5, 0.6) is 0 Å². The van der Waals surface area contributed by atoms with Crippen LogP contribution in [-0.2, 0) is 13.1 Å². The number of H-pyrrole nitrogens is 1. The first kappa shape index (κ1) is 21.9. The number of imidazole rings is 1. The highest BCUT2D eigenvalue weighted by atomic mass is 16.2. The Morgan fingerprint density at radius 3 is 2.61 bits per heavy atom. The lowest BCUT2D eigenvalue weighted by molar-refractivity contribution is 0.0753. The summed E-state index contributed by atoms with van der Waals surface area (Å²) in [4.78, 5) is 25.8. The number of nitrogen functional groups attached to an aromatic ring is 1. The van der Waals surface area contributed by atoms with Gasteiger partial charge in [0.05, 0.1) is 6.54 Å². The average molecular weight is 474 g/mol. The van der Waals surface area contributed by atoms with Crippen LogP contribution in [0.2, 0.25) is 0 Å². The number of hydrogen-bond donors (Lipinski definition) is 2. The molecule has 5 aromatic rings. The SMILES string of the molecule is Nc1cccc(-c2ccc3c(c2)CN(C(=O)c2cccc4ccccc24)CCN3Cc2ncc[nH]2)c1. The number of hydrogen-bond acceptors (Lipinski definition) is 4. The van der Waals surface area contributed by atoms with Crippen molar-refractivity contribution in [2.24, 2.45) is 0 Å². The number of nitrogens with two attached hydrogens (primary N) is 1. The van der Waals surface area contributed by atoms with E-state index in [1.54, 1.807) is 6.20 Å². The van der Waals surface area contributed by atoms with E-state index in [-0.39, 0.29) is 5.91 Å². The molecule has 0 bridgehead atoms. The van der Waals surface area contributed by atoms with Gasteiger partial charge in [0.25, 0.3) is 5.91 Å². The van der Waals surface area contributed by atoms with Gasteiger partial charge in [0, 0.05) is 49.0 Å². The number of carbonyl (C=O) groups is 1. The number of anilines is 2. The summed E-state index contributed by atoms with van der Waals surface area (Å²) < 4.78 is 0. The highest BCUT2D eigenvalue weighted by Gasteiger charge is 2.25. The summed E-state index contributed by atoms with van der Waals surface area (Å²) >= 11 is 0. The van der Waals surface area contributed by atoms with E-state index in [1.807, 2.05) is 71.8 Å². The van der Waals surface area contributed by atoms with Crippen molar-refractivity contribution in [1.29, 1.82) is 0 Å². The summed E-state index contributed by atoms with van der Waals surface area (Å²) in [5, 5.41) is 2.05. The molecule has 0 radical (unpaired) electrons. The Bertz CT molecular complexity index is 1540. The molecule has 0 saturated heterocycles. The zero-order valence-electron chi connectivity index (χ0n) is 19.9. The van der Waals surface area contributed by atoms with Crippen LogP contribution < -0.4 is 10.6 Å². The lowest BCUT2D eigenvalue weighted by atomic mass is 10.00. The topological polar surface area (TPSA) is 78.2 Å². The molecule has 6 rings (SSSR count). The van der Waals surface area contributed by atoms with E-state index in [1.165, 1.54) is 0 Å². The highest BCUT2D eigenvalue weighted by Crippen LogP contribution is 2.32. The highest BCUT2D eigenvalue weighted by molar-refractivity contribution is 6.07. The number of fused-ring (bicyclic) bond motifs is 2. The molecule has 2 heterocycles. The summed E-state index contributed by atoms with van der Waals surface area (Å²) in [5.41, 5.74) is 11.9. The summed E-state index contributed by atoms with van der Waals surface area (Å²) in [7, 11) is 0. The fourth-order valence-corrected chi connectivity index (χ4v) is 5.05. The molecule has 0 unspecified atom stereocenters. The van der Waals surface area contributed by atoms with Gasteiger partial charge in [0.15, 0.2) is 0 Å². The Balaban J connectivity index is 1.40. The van der Waals surface area contributed by atoms with E-state index >= 15 is 0 Å². The molecule has 178 valence electrons. The number of rotatable bonds is 4. The van der Waals surface area contributed by atoms with Gasteiger partial charge in [-0.1, -0.05) is 54.6 Å². The fraction of sp³-hybridized carbons (Fsp3) is 0.133. The minimum Gasteiger partial charge on any atom is -0.399 e. The predicted octanol–water partition coefficient (Wildman–Crippen LogP) is 5.47. The quantitative estimate of drug-likeness (QED) is 0.339. The van der Waals surface area contributed by atoms with Crippen molar-refractivity contribution >= 4 is 28.1 Å². The second-order valence-electron chi connectivity index (χ2n) is 9.18. The maximum atomic E-state index is 13.9. The van der Waals surface area contributed by atoms with E-state index in [9.17, 15) is 4.79 Å². The average Bonchev–Trinajstić information content (AvgIpc) is 3.36. The van der Waals surface area contributed by atoms with E-state index in [0.29, 0.717) is 26.2 Å². The van der Waals surface area contributed by atoms with E-state index < -0.39 is 0 Å². The molecule has 1 aromatic heterocycles. The van der Waals surface area contributed by atoms with Crippen molar-refractivity contribution in [3.8, 4) is 11.1 Å². The second-order valence-corrected chi connectivity index (χ2v) is 9.18. The minimum atomic E-state index is 0.0481. The fourth-order valence-electron chi connectivity index (χ4n) is 5.05. The third-order valence-corrected chi connectivity index (χ3v) is 6.84. The Morgan fingerprint density at radius 1 is 0.917 bits per heavy atom. The van der Waals surface area contributed by atoms with Crippen LogP contribution in [0.4, 0.5) is 11.4 Å². The van der Waals surface area contributed by atoms with Crippen molar-refractivity contribution < 1.29 is 4.79 Å². The molecule has 0 spiro atoms. The molecular weight excluding hydrogens is 446 g/mol. The molecule has 0 aliphatic carbocycles. The third kappa shape index (κ3) is 4.18. The van der Waals surface area contributed by atoms with Gasteiger partial charge in [0.2, 0.25) is 0 Å². The van der Waals surface area contributed by atoms with Crippen molar-refractivity contribution in [3.63, 3.8) is 0 Å². The maximum Gasteiger partial charge on any atom is 0.254 e. The van der Waals surface area contributed by atoms with Gasteiger partial charge in [-0.3, -0.25) is 4.79 Å². The van der Waals surface area contributed by atoms with E-state index in [4.69, 9.17) is 5.73 Å². The zero-order chi connectivity index (χ0) is 24.5. The molecular formula is C30H27N5O. The lowest BCUT2D eigenvalue weighted by Crippen LogP contribution is -2.35. The number of nitrogens with zero attached hydrogens (tertiary/aromatic N) is 3. The summed E-state index contributed by atoms with van der Waals surface area (Å²) in [6.07, 6.45) is 3.61. The molecule has 36 heavy (non-hydrogen) atoms. The van der Waals surface area contributed by atoms with Gasteiger partial charge in [-0.05, 0) is 57.8 Å². The molecule has 6 nitrogen and oxygen atoms in total. The summed E-state index contributed by atoms with van der Waals surface area (Å²) in [6.45, 7) is 2.50. The molecule has 0 atom stereocenters. The standard InChI is InChI=1S/C30H27N5O/c31-25-8-3-7-22(18-25)23-11-12-28-24(17-23)19-35(16-15-34(28)20-29-32-13-14-33-29)30(36)27-10-4-6-21-5-1-2-9-26(21)27/h1-14,17-18H,15-16,19-20,31H2,(H,32,33). The maximum absolute atomic E-state index is 13.9. The Kier molecular flexibility index (Phi) is 5.62. The van der Waals surface area contributed by atoms with Gasteiger partial charge < -0.3 is 20.5 Å². The summed E-state index contributed by atoms with van der Waals surface area (Å²) in [6, 6.07) is 28.4. The van der Waals surface area contributed by atoms with Crippen LogP contribution in [0.3, 0.4) is 0 Å². The number of amides is 1. The minimum absolute atomic E-state index is 0.0481. The number of nitrogens with one attached hydrogen (secondary N) is 1. The van der Waals surface area contributed by atoms with E-state index in [0.717, 1.165) is 50.2 Å². The predicted molar refractivity (Wildman–Crippen MR) is 145 cm³/mol. The monoisotopic (exact) mass is 473 g/mol. The van der Waals surface area contributed by atoms with Crippen LogP contribution in [-0.4, -0.2) is 33.9 Å². The van der Waals surface area contributed by atoms with Crippen LogP contribution in [0, 0.1) is 0 Å². The van der Waals surface area contributed by atoms with Gasteiger partial charge >= 0.3 is 0 Å². The van der Waals surface area contributed by atoms with Crippen molar-refractivity contribution in [1.82, 2.24) is 14.9 Å². The molecule has 3 N–H and O–H groups in total. The molecule has 0 fully saturated rings. The number of aromatic amines is 1. The first-order valence-electron chi connectivity index (χ1n) is 12.1. The van der Waals surface area contributed by atoms with Crippen LogP contribution in [0.15, 0.2) is 97.3 Å². The van der Waals surface area contributed by atoms with Crippen molar-refractivity contribution in [2.75, 3.05) is 23.7 Å². The normalized spacial score (nSPS) is 13.4. The molecule has 0 saturated carbocycles. The van der Waals surface area contributed by atoms with E-state index in [2.05, 4.69) is 39.1 Å². The third-order valence-electron chi connectivity index (χ3n) is 6.84. The molecule has 1 amide bonds. The van der Waals surface area contributed by atoms with Gasteiger partial charge in [0.1, 0.15) is 5.82 Å². The molecule has 1 aliphatic heterocycles. The van der Waals surface area contributed by atoms with Crippen LogP contribution >= 0.6 is 0 Å². The molecule has 6 heteroatoms. The molecule has 1 aliphatic rings. The molecule has 4 aromatic carbocycles. The van der Waals surface area contributed by atoms with Gasteiger partial charge in [-0.2, -0.15) is 0 Å². The lowest BCUT2D eigenvalue weighted by Gasteiger charge is -2.24. The number of benzene rings is 4. The second kappa shape index (κ2) is 9.23. The summed E-state index contributed by atoms with van der Waals surface area (Å²) in [5.74, 6) is 0.946. The van der Waals surface area contributed by atoms with Crippen LogP contribution in [0.1, 0.15) is 21.7 Å². The first-order chi connectivity index (χ1) is 17.7. The first-order valence-corrected chi connectivity index (χ1v) is 12.1. The number of aromatic nitrogens is 2. The van der Waals surface area contributed by atoms with Gasteiger partial charge in [-0.25, -0.2) is 4.98 Å². The zero-order valence-corrected chi connectivity index (χ0v) is 19.9. The Hall–Kier alpha value is -4.58. The van der Waals surface area contributed by atoms with Crippen molar-refractivity contribution in [2.45, 2.75) is 13.1 Å². The van der Waals surface area contributed by atoms with Gasteiger partial charge in [-0.15, -0.1) is 0 Å².